The SMILES string of the molecule is O=C1c2ccccc2C(=O)N1CCCCSc1nc2ccccc2c(=O)n1Cc1ccco1. The Hall–Kier alpha value is -3.65. The lowest BCUT2D eigenvalue weighted by molar-refractivity contribution is 0.0652. The molecular formula is C25H21N3O4S. The summed E-state index contributed by atoms with van der Waals surface area (Å²) >= 11 is 1.49. The lowest BCUT2D eigenvalue weighted by atomic mass is 10.1. The normalized spacial score (nSPS) is 13.2. The molecule has 33 heavy (non-hydrogen) atoms. The second-order valence-corrected chi connectivity index (χ2v) is 8.81. The Kier molecular flexibility index (Phi) is 5.83. The third kappa shape index (κ3) is 4.09. The summed E-state index contributed by atoms with van der Waals surface area (Å²) in [5.74, 6) is 0.923. The molecule has 0 spiro atoms. The number of aromatic nitrogens is 2. The zero-order valence-electron chi connectivity index (χ0n) is 17.8. The highest BCUT2D eigenvalue weighted by Crippen LogP contribution is 2.24. The average molecular weight is 460 g/mol. The largest absolute Gasteiger partial charge is 0.467 e. The molecule has 0 bridgehead atoms. The molecule has 0 N–H and O–H groups in total. The lowest BCUT2D eigenvalue weighted by Gasteiger charge is -2.14. The van der Waals surface area contributed by atoms with E-state index in [9.17, 15) is 14.4 Å². The molecule has 3 heterocycles. The van der Waals surface area contributed by atoms with E-state index in [0.29, 0.717) is 58.2 Å². The van der Waals surface area contributed by atoms with E-state index in [1.165, 1.54) is 16.7 Å². The van der Waals surface area contributed by atoms with E-state index in [1.807, 2.05) is 24.3 Å². The Labute approximate surface area is 194 Å². The maximum atomic E-state index is 13.1. The number of amides is 2. The standard InChI is InChI=1S/C25H21N3O4S/c29-22-18-9-1-2-10-19(18)23(30)27(22)13-5-6-15-33-25-26-21-12-4-3-11-20(21)24(31)28(25)16-17-8-7-14-32-17/h1-4,7-12,14H,5-6,13,15-16H2. The number of nitrogens with zero attached hydrogens (tertiary/aromatic N) is 3. The average Bonchev–Trinajstić information content (AvgIpc) is 3.43. The van der Waals surface area contributed by atoms with Gasteiger partial charge in [0.25, 0.3) is 17.4 Å². The predicted octanol–water partition coefficient (Wildman–Crippen LogP) is 4.21. The molecule has 2 aromatic heterocycles. The molecule has 0 atom stereocenters. The van der Waals surface area contributed by atoms with Gasteiger partial charge in [0.2, 0.25) is 0 Å². The highest BCUT2D eigenvalue weighted by Gasteiger charge is 2.34. The quantitative estimate of drug-likeness (QED) is 0.170. The van der Waals surface area contributed by atoms with Crippen LogP contribution in [0.25, 0.3) is 10.9 Å². The molecule has 1 aliphatic rings. The van der Waals surface area contributed by atoms with Crippen molar-refractivity contribution in [3.05, 3.63) is 94.2 Å². The van der Waals surface area contributed by atoms with Crippen molar-refractivity contribution in [1.82, 2.24) is 14.5 Å². The van der Waals surface area contributed by atoms with Crippen LogP contribution in [0, 0.1) is 0 Å². The first-order valence-electron chi connectivity index (χ1n) is 10.7. The van der Waals surface area contributed by atoms with Gasteiger partial charge >= 0.3 is 0 Å². The van der Waals surface area contributed by atoms with Gasteiger partial charge in [0.1, 0.15) is 5.76 Å². The number of rotatable bonds is 8. The Morgan fingerprint density at radius 1 is 0.848 bits per heavy atom. The first-order chi connectivity index (χ1) is 16.1. The summed E-state index contributed by atoms with van der Waals surface area (Å²) in [6.07, 6.45) is 3.02. The summed E-state index contributed by atoms with van der Waals surface area (Å²) in [5.41, 5.74) is 1.50. The summed E-state index contributed by atoms with van der Waals surface area (Å²) < 4.78 is 7.08. The van der Waals surface area contributed by atoms with Crippen LogP contribution in [0.2, 0.25) is 0 Å². The third-order valence-electron chi connectivity index (χ3n) is 5.61. The van der Waals surface area contributed by atoms with Gasteiger partial charge in [-0.05, 0) is 49.2 Å². The zero-order chi connectivity index (χ0) is 22.8. The number of carbonyl (C=O) groups excluding carboxylic acids is 2. The molecule has 7 nitrogen and oxygen atoms in total. The van der Waals surface area contributed by atoms with Crippen LogP contribution in [-0.4, -0.2) is 38.6 Å². The number of benzene rings is 2. The molecule has 0 aliphatic carbocycles. The molecule has 5 rings (SSSR count). The van der Waals surface area contributed by atoms with Gasteiger partial charge in [-0.1, -0.05) is 36.0 Å². The second-order valence-electron chi connectivity index (χ2n) is 7.75. The number of hydrogen-bond donors (Lipinski definition) is 0. The number of carbonyl (C=O) groups is 2. The van der Waals surface area contributed by atoms with Gasteiger partial charge in [-0.2, -0.15) is 0 Å². The van der Waals surface area contributed by atoms with E-state index in [0.717, 1.165) is 6.42 Å². The van der Waals surface area contributed by atoms with Crippen molar-refractivity contribution in [2.24, 2.45) is 0 Å². The fraction of sp³-hybridized carbons (Fsp3) is 0.200. The van der Waals surface area contributed by atoms with E-state index in [4.69, 9.17) is 9.40 Å². The molecule has 0 saturated heterocycles. The minimum atomic E-state index is -0.230. The second kappa shape index (κ2) is 9.07. The molecule has 166 valence electrons. The smallest absolute Gasteiger partial charge is 0.262 e. The van der Waals surface area contributed by atoms with Gasteiger partial charge < -0.3 is 4.42 Å². The van der Waals surface area contributed by atoms with Crippen LogP contribution >= 0.6 is 11.8 Å². The number of hydrogen-bond acceptors (Lipinski definition) is 6. The molecule has 2 amide bonds. The first kappa shape index (κ1) is 21.2. The fourth-order valence-corrected chi connectivity index (χ4v) is 4.93. The Balaban J connectivity index is 1.26. The molecule has 4 aromatic rings. The molecule has 0 fully saturated rings. The number of fused-ring (bicyclic) bond motifs is 2. The fourth-order valence-electron chi connectivity index (χ4n) is 3.93. The Morgan fingerprint density at radius 2 is 1.58 bits per heavy atom. The topological polar surface area (TPSA) is 85.4 Å². The van der Waals surface area contributed by atoms with Gasteiger partial charge in [-0.25, -0.2) is 4.98 Å². The van der Waals surface area contributed by atoms with Crippen molar-refractivity contribution >= 4 is 34.5 Å². The highest BCUT2D eigenvalue weighted by molar-refractivity contribution is 7.99. The van der Waals surface area contributed by atoms with E-state index in [-0.39, 0.29) is 17.4 Å². The van der Waals surface area contributed by atoms with Crippen LogP contribution < -0.4 is 5.56 Å². The maximum Gasteiger partial charge on any atom is 0.262 e. The Morgan fingerprint density at radius 3 is 2.30 bits per heavy atom. The van der Waals surface area contributed by atoms with Crippen LogP contribution in [-0.2, 0) is 6.54 Å². The van der Waals surface area contributed by atoms with Crippen LogP contribution in [0.1, 0.15) is 39.3 Å². The monoisotopic (exact) mass is 459 g/mol. The van der Waals surface area contributed by atoms with Gasteiger partial charge in [0.05, 0.1) is 34.8 Å². The molecule has 0 radical (unpaired) electrons. The van der Waals surface area contributed by atoms with Crippen LogP contribution in [0.3, 0.4) is 0 Å². The molecular weight excluding hydrogens is 438 g/mol. The zero-order valence-corrected chi connectivity index (χ0v) is 18.6. The number of unbranched alkanes of at least 4 members (excludes halogenated alkanes) is 1. The number of thioether (sulfide) groups is 1. The van der Waals surface area contributed by atoms with Crippen molar-refractivity contribution in [2.45, 2.75) is 24.5 Å². The van der Waals surface area contributed by atoms with E-state index in [1.54, 1.807) is 47.2 Å². The maximum absolute atomic E-state index is 13.1. The van der Waals surface area contributed by atoms with Crippen LogP contribution in [0.15, 0.2) is 81.3 Å². The summed E-state index contributed by atoms with van der Waals surface area (Å²) in [5, 5.41) is 1.19. The van der Waals surface area contributed by atoms with Gasteiger partial charge in [-0.15, -0.1) is 0 Å². The highest BCUT2D eigenvalue weighted by atomic mass is 32.2. The Bertz CT molecular complexity index is 1360. The minimum Gasteiger partial charge on any atom is -0.467 e. The van der Waals surface area contributed by atoms with E-state index in [2.05, 4.69) is 0 Å². The van der Waals surface area contributed by atoms with Crippen molar-refractivity contribution < 1.29 is 14.0 Å². The third-order valence-corrected chi connectivity index (χ3v) is 6.67. The predicted molar refractivity (Wildman–Crippen MR) is 126 cm³/mol. The van der Waals surface area contributed by atoms with Crippen molar-refractivity contribution in [2.75, 3.05) is 12.3 Å². The minimum absolute atomic E-state index is 0.106. The van der Waals surface area contributed by atoms with Crippen molar-refractivity contribution in [3.8, 4) is 0 Å². The van der Waals surface area contributed by atoms with Crippen molar-refractivity contribution in [1.29, 1.82) is 0 Å². The van der Waals surface area contributed by atoms with Gasteiger partial charge in [0, 0.05) is 12.3 Å². The van der Waals surface area contributed by atoms with Crippen LogP contribution in [0.4, 0.5) is 0 Å². The van der Waals surface area contributed by atoms with E-state index < -0.39 is 0 Å². The molecule has 1 aliphatic heterocycles. The summed E-state index contributed by atoms with van der Waals surface area (Å²) in [4.78, 5) is 44.1. The summed E-state index contributed by atoms with van der Waals surface area (Å²) in [6.45, 7) is 0.679. The molecule has 2 aromatic carbocycles. The van der Waals surface area contributed by atoms with Gasteiger partial charge in [0.15, 0.2) is 5.16 Å². The molecule has 8 heteroatoms. The summed E-state index contributed by atoms with van der Waals surface area (Å²) in [7, 11) is 0. The van der Waals surface area contributed by atoms with Gasteiger partial charge in [-0.3, -0.25) is 23.9 Å². The lowest BCUT2D eigenvalue weighted by Crippen LogP contribution is -2.30. The summed E-state index contributed by atoms with van der Waals surface area (Å²) in [6, 6.07) is 17.8. The van der Waals surface area contributed by atoms with Crippen molar-refractivity contribution in [3.63, 3.8) is 0 Å². The molecule has 0 unspecified atom stereocenters. The number of imide groups is 1. The first-order valence-corrected chi connectivity index (χ1v) is 11.7. The number of para-hydroxylation sites is 1. The molecule has 0 saturated carbocycles. The van der Waals surface area contributed by atoms with Crippen LogP contribution in [0.5, 0.6) is 0 Å². The van der Waals surface area contributed by atoms with E-state index >= 15 is 0 Å². The number of furan rings is 1.